The Morgan fingerprint density at radius 2 is 2.38 bits per heavy atom. The Balaban J connectivity index is 2.76. The minimum Gasteiger partial charge on any atom is -0.350 e. The van der Waals surface area contributed by atoms with Gasteiger partial charge in [0.1, 0.15) is 0 Å². The van der Waals surface area contributed by atoms with Crippen LogP contribution in [0.25, 0.3) is 10.9 Å². The molecule has 4 nitrogen and oxygen atoms in total. The highest BCUT2D eigenvalue weighted by Crippen LogP contribution is 2.25. The lowest BCUT2D eigenvalue weighted by atomic mass is 10.2. The van der Waals surface area contributed by atoms with E-state index < -0.39 is 11.9 Å². The number of hydrogen-bond acceptors (Lipinski definition) is 2. The van der Waals surface area contributed by atoms with Crippen LogP contribution in [0.5, 0.6) is 0 Å². The largest absolute Gasteiger partial charge is 0.350 e. The van der Waals surface area contributed by atoms with E-state index in [0.717, 1.165) is 4.57 Å². The maximum atomic E-state index is 10.7. The van der Waals surface area contributed by atoms with Crippen LogP contribution < -0.4 is 0 Å². The number of nitrogens with zero attached hydrogens (tertiary/aromatic N) is 2. The molecule has 0 unspecified atom stereocenters. The first kappa shape index (κ1) is 5.01. The van der Waals surface area contributed by atoms with Crippen molar-refractivity contribution in [3.05, 3.63) is 40.6 Å². The van der Waals surface area contributed by atoms with Crippen LogP contribution in [-0.4, -0.2) is 9.49 Å². The van der Waals surface area contributed by atoms with Crippen LogP contribution in [0.4, 0.5) is 5.69 Å². The monoisotopic (exact) mass is 179 g/mol. The van der Waals surface area contributed by atoms with E-state index in [4.69, 9.17) is 4.11 Å². The smallest absolute Gasteiger partial charge is 0.278 e. The second-order valence-electron chi connectivity index (χ2n) is 2.65. The highest BCUT2D eigenvalue weighted by Gasteiger charge is 2.11. The summed E-state index contributed by atoms with van der Waals surface area (Å²) in [7, 11) is 0. The van der Waals surface area contributed by atoms with Gasteiger partial charge in [-0.2, -0.15) is 0 Å². The van der Waals surface area contributed by atoms with Crippen LogP contribution in [0.3, 0.4) is 0 Å². The van der Waals surface area contributed by atoms with Crippen LogP contribution in [-0.2, 0) is 6.98 Å². The Bertz CT molecular complexity index is 559. The molecular weight excluding hydrogens is 168 g/mol. The molecule has 0 bridgehead atoms. The van der Waals surface area contributed by atoms with Gasteiger partial charge in [0.25, 0.3) is 5.69 Å². The van der Waals surface area contributed by atoms with Crippen LogP contribution in [0.1, 0.15) is 4.11 Å². The fraction of sp³-hybridized carbons (Fsp3) is 0.111. The Morgan fingerprint density at radius 3 is 3.08 bits per heavy atom. The zero-order chi connectivity index (χ0) is 11.9. The van der Waals surface area contributed by atoms with Gasteiger partial charge in [0.2, 0.25) is 0 Å². The van der Waals surface area contributed by atoms with E-state index in [0.29, 0.717) is 10.9 Å². The number of benzene rings is 1. The van der Waals surface area contributed by atoms with E-state index in [1.54, 1.807) is 6.07 Å². The van der Waals surface area contributed by atoms with E-state index >= 15 is 0 Å². The van der Waals surface area contributed by atoms with E-state index in [1.165, 1.54) is 24.4 Å². The Morgan fingerprint density at radius 1 is 1.54 bits per heavy atom. The third-order valence-corrected chi connectivity index (χ3v) is 1.91. The minimum atomic E-state index is -2.32. The first-order chi connectivity index (χ1) is 7.41. The predicted molar refractivity (Wildman–Crippen MR) is 49.6 cm³/mol. The van der Waals surface area contributed by atoms with Gasteiger partial charge in [-0.05, 0) is 12.1 Å². The van der Waals surface area contributed by atoms with Gasteiger partial charge in [-0.3, -0.25) is 10.1 Å². The number of fused-ring (bicyclic) bond motifs is 1. The Hall–Kier alpha value is -1.84. The molecule has 0 saturated heterocycles. The van der Waals surface area contributed by atoms with Gasteiger partial charge < -0.3 is 4.57 Å². The Kier molecular flexibility index (Phi) is 0.997. The zero-order valence-electron chi connectivity index (χ0n) is 9.60. The van der Waals surface area contributed by atoms with Crippen molar-refractivity contribution in [1.29, 1.82) is 0 Å². The van der Waals surface area contributed by atoms with Gasteiger partial charge in [-0.15, -0.1) is 0 Å². The number of aromatic nitrogens is 1. The van der Waals surface area contributed by atoms with E-state index in [1.807, 2.05) is 0 Å². The Labute approximate surface area is 78.8 Å². The van der Waals surface area contributed by atoms with Crippen LogP contribution in [0.15, 0.2) is 30.5 Å². The quantitative estimate of drug-likeness (QED) is 0.497. The second kappa shape index (κ2) is 2.58. The van der Waals surface area contributed by atoms with Crippen molar-refractivity contribution < 1.29 is 9.04 Å². The summed E-state index contributed by atoms with van der Waals surface area (Å²) in [6.07, 6.45) is 1.34. The summed E-state index contributed by atoms with van der Waals surface area (Å²) in [6.45, 7) is -2.32. The molecule has 2 aromatic rings. The second-order valence-corrected chi connectivity index (χ2v) is 2.65. The molecule has 1 heterocycles. The highest BCUT2D eigenvalue weighted by molar-refractivity contribution is 5.88. The summed E-state index contributed by atoms with van der Waals surface area (Å²) in [4.78, 5) is 10.2. The summed E-state index contributed by atoms with van der Waals surface area (Å²) in [5.41, 5.74) is 0.259. The molecule has 0 spiro atoms. The number of hydrogen-bond donors (Lipinski definition) is 0. The lowest BCUT2D eigenvalue weighted by Crippen LogP contribution is -1.89. The first-order valence-electron chi connectivity index (χ1n) is 5.16. The maximum Gasteiger partial charge on any atom is 0.278 e. The molecule has 0 radical (unpaired) electrons. The predicted octanol–water partition coefficient (Wildman–Crippen LogP) is 2.09. The van der Waals surface area contributed by atoms with Crippen molar-refractivity contribution in [3.63, 3.8) is 0 Å². The van der Waals surface area contributed by atoms with E-state index in [9.17, 15) is 10.1 Å². The molecule has 0 N–H and O–H groups in total. The number of nitro benzene ring substituents is 1. The molecule has 0 saturated carbocycles. The SMILES string of the molecule is [2H]C([2H])([2H])n1ccc2c([N+](=O)[O-])cccc21. The molecule has 0 aliphatic carbocycles. The third-order valence-electron chi connectivity index (χ3n) is 1.91. The standard InChI is InChI=1S/C9H8N2O2/c1-10-6-5-7-8(10)3-2-4-9(7)11(12)13/h2-6H,1H3/i1D3. The molecule has 0 atom stereocenters. The van der Waals surface area contributed by atoms with Crippen molar-refractivity contribution in [2.45, 2.75) is 0 Å². The molecule has 13 heavy (non-hydrogen) atoms. The van der Waals surface area contributed by atoms with Gasteiger partial charge in [0, 0.05) is 23.4 Å². The van der Waals surface area contributed by atoms with Crippen molar-refractivity contribution in [2.75, 3.05) is 0 Å². The lowest BCUT2D eigenvalue weighted by molar-refractivity contribution is -0.383. The number of nitro groups is 1. The molecule has 4 heteroatoms. The molecule has 66 valence electrons. The third kappa shape index (κ3) is 1.07. The average Bonchev–Trinajstić information content (AvgIpc) is 2.59. The average molecular weight is 179 g/mol. The minimum absolute atomic E-state index is 0.0829. The number of aryl methyl sites for hydroxylation is 1. The van der Waals surface area contributed by atoms with Crippen molar-refractivity contribution in [3.8, 4) is 0 Å². The zero-order valence-corrected chi connectivity index (χ0v) is 6.60. The fourth-order valence-corrected chi connectivity index (χ4v) is 1.31. The molecule has 0 fully saturated rings. The molecule has 0 amide bonds. The van der Waals surface area contributed by atoms with Gasteiger partial charge in [0.05, 0.1) is 15.8 Å². The van der Waals surface area contributed by atoms with Gasteiger partial charge in [-0.1, -0.05) is 6.07 Å². The van der Waals surface area contributed by atoms with Crippen LogP contribution in [0.2, 0.25) is 0 Å². The summed E-state index contributed by atoms with van der Waals surface area (Å²) in [5, 5.41) is 11.1. The molecule has 1 aromatic carbocycles. The van der Waals surface area contributed by atoms with E-state index in [-0.39, 0.29) is 5.69 Å². The number of non-ortho nitro benzene ring substituents is 1. The summed E-state index contributed by atoms with van der Waals surface area (Å²) in [6, 6.07) is 5.82. The molecule has 0 aliphatic heterocycles. The van der Waals surface area contributed by atoms with E-state index in [2.05, 4.69) is 0 Å². The van der Waals surface area contributed by atoms with Crippen LogP contribution in [0, 0.1) is 10.1 Å². The lowest BCUT2D eigenvalue weighted by Gasteiger charge is -1.95. The first-order valence-corrected chi connectivity index (χ1v) is 3.66. The summed E-state index contributed by atoms with van der Waals surface area (Å²) >= 11 is 0. The van der Waals surface area contributed by atoms with Crippen molar-refractivity contribution in [2.24, 2.45) is 6.98 Å². The topological polar surface area (TPSA) is 48.1 Å². The molecule has 0 aliphatic rings. The van der Waals surface area contributed by atoms with Crippen molar-refractivity contribution >= 4 is 16.6 Å². The fourth-order valence-electron chi connectivity index (χ4n) is 1.31. The normalized spacial score (nSPS) is 14.9. The van der Waals surface area contributed by atoms with Gasteiger partial charge in [-0.25, -0.2) is 0 Å². The molecule has 1 aromatic heterocycles. The summed E-state index contributed by atoms with van der Waals surface area (Å²) in [5.74, 6) is 0. The summed E-state index contributed by atoms with van der Waals surface area (Å²) < 4.78 is 22.9. The molecule has 2 rings (SSSR count). The maximum absolute atomic E-state index is 10.7. The van der Waals surface area contributed by atoms with Gasteiger partial charge in [0.15, 0.2) is 0 Å². The van der Waals surface area contributed by atoms with Crippen LogP contribution >= 0.6 is 0 Å². The molecular formula is C9H8N2O2. The number of rotatable bonds is 1. The van der Waals surface area contributed by atoms with Crippen molar-refractivity contribution in [1.82, 2.24) is 4.57 Å². The highest BCUT2D eigenvalue weighted by atomic mass is 16.6. The van der Waals surface area contributed by atoms with Gasteiger partial charge >= 0.3 is 0 Å².